The lowest BCUT2D eigenvalue weighted by Crippen LogP contribution is -2.32. The van der Waals surface area contributed by atoms with Crippen LogP contribution in [0.3, 0.4) is 0 Å². The second kappa shape index (κ2) is 6.28. The lowest BCUT2D eigenvalue weighted by atomic mass is 10.00. The highest BCUT2D eigenvalue weighted by molar-refractivity contribution is 6.31. The van der Waals surface area contributed by atoms with Crippen molar-refractivity contribution < 1.29 is 14.3 Å². The number of benzene rings is 2. The molecule has 1 amide bonds. The Bertz CT molecular complexity index is 702. The first-order valence-electron chi connectivity index (χ1n) is 7.05. The number of hydrogen-bond acceptors (Lipinski definition) is 3. The number of methoxy groups -OCH3 is 1. The zero-order valence-corrected chi connectivity index (χ0v) is 12.9. The summed E-state index contributed by atoms with van der Waals surface area (Å²) < 4.78 is 10.8. The molecule has 0 spiro atoms. The molecule has 3 rings (SSSR count). The van der Waals surface area contributed by atoms with Crippen LogP contribution in [0.15, 0.2) is 42.5 Å². The lowest BCUT2D eigenvalue weighted by molar-refractivity contribution is 0.0922. The second-order valence-electron chi connectivity index (χ2n) is 5.05. The molecule has 0 saturated carbocycles. The maximum absolute atomic E-state index is 12.6. The van der Waals surface area contributed by atoms with Gasteiger partial charge in [-0.05, 0) is 24.3 Å². The fraction of sp³-hybridized carbons (Fsp3) is 0.235. The van der Waals surface area contributed by atoms with Gasteiger partial charge in [-0.25, -0.2) is 0 Å². The van der Waals surface area contributed by atoms with Crippen LogP contribution in [0.2, 0.25) is 5.02 Å². The maximum atomic E-state index is 12.6. The van der Waals surface area contributed by atoms with E-state index in [1.807, 2.05) is 24.3 Å². The van der Waals surface area contributed by atoms with E-state index in [0.717, 1.165) is 17.7 Å². The van der Waals surface area contributed by atoms with Gasteiger partial charge in [0.05, 0.1) is 25.3 Å². The van der Waals surface area contributed by atoms with Gasteiger partial charge < -0.3 is 14.8 Å². The number of carbonyl (C=O) groups excluding carboxylic acids is 1. The molecule has 1 N–H and O–H groups in total. The fourth-order valence-electron chi connectivity index (χ4n) is 2.59. The van der Waals surface area contributed by atoms with Crippen LogP contribution in [0, 0.1) is 0 Å². The molecule has 0 aliphatic carbocycles. The van der Waals surface area contributed by atoms with Crippen molar-refractivity contribution in [3.8, 4) is 11.5 Å². The van der Waals surface area contributed by atoms with Crippen LogP contribution in [-0.2, 0) is 0 Å². The highest BCUT2D eigenvalue weighted by Crippen LogP contribution is 2.32. The van der Waals surface area contributed by atoms with E-state index < -0.39 is 0 Å². The van der Waals surface area contributed by atoms with E-state index in [4.69, 9.17) is 21.1 Å². The summed E-state index contributed by atoms with van der Waals surface area (Å²) in [7, 11) is 1.53. The number of hydrogen-bond donors (Lipinski definition) is 1. The summed E-state index contributed by atoms with van der Waals surface area (Å²) in [5.41, 5.74) is 1.42. The first-order chi connectivity index (χ1) is 10.7. The minimum Gasteiger partial charge on any atom is -0.496 e. The third-order valence-corrected chi connectivity index (χ3v) is 3.91. The second-order valence-corrected chi connectivity index (χ2v) is 5.48. The number of rotatable bonds is 3. The highest BCUT2D eigenvalue weighted by atomic mass is 35.5. The molecule has 0 radical (unpaired) electrons. The summed E-state index contributed by atoms with van der Waals surface area (Å²) in [5, 5.41) is 3.53. The van der Waals surface area contributed by atoms with Crippen LogP contribution in [-0.4, -0.2) is 19.6 Å². The molecule has 0 unspecified atom stereocenters. The molecule has 4 nitrogen and oxygen atoms in total. The van der Waals surface area contributed by atoms with Crippen molar-refractivity contribution in [1.29, 1.82) is 0 Å². The van der Waals surface area contributed by atoms with Gasteiger partial charge in [0.1, 0.15) is 11.5 Å². The summed E-state index contributed by atoms with van der Waals surface area (Å²) in [6, 6.07) is 12.6. The predicted molar refractivity (Wildman–Crippen MR) is 84.8 cm³/mol. The summed E-state index contributed by atoms with van der Waals surface area (Å²) in [5.74, 6) is 1.11. The standard InChI is InChI=1S/C17H16ClNO3/c1-21-15-7-6-11(18)10-13(15)17(20)19-14-8-9-22-16-5-3-2-4-12(14)16/h2-7,10,14H,8-9H2,1H3,(H,19,20)/t14-/m0/s1. The Morgan fingerprint density at radius 2 is 2.14 bits per heavy atom. The minimum absolute atomic E-state index is 0.0823. The maximum Gasteiger partial charge on any atom is 0.255 e. The van der Waals surface area contributed by atoms with Gasteiger partial charge in [-0.1, -0.05) is 29.8 Å². The Hall–Kier alpha value is -2.20. The van der Waals surface area contributed by atoms with Crippen LogP contribution in [0.25, 0.3) is 0 Å². The largest absolute Gasteiger partial charge is 0.496 e. The summed E-state index contributed by atoms with van der Waals surface area (Å²) in [4.78, 5) is 12.6. The van der Waals surface area contributed by atoms with Gasteiger partial charge in [0.15, 0.2) is 0 Å². The normalized spacial score (nSPS) is 16.4. The van der Waals surface area contributed by atoms with Crippen LogP contribution in [0.5, 0.6) is 11.5 Å². The summed E-state index contributed by atoms with van der Waals surface area (Å²) in [6.45, 7) is 0.578. The molecule has 114 valence electrons. The van der Waals surface area contributed by atoms with E-state index in [2.05, 4.69) is 5.32 Å². The quantitative estimate of drug-likeness (QED) is 0.941. The van der Waals surface area contributed by atoms with Crippen LogP contribution < -0.4 is 14.8 Å². The summed E-state index contributed by atoms with van der Waals surface area (Å²) >= 11 is 5.99. The van der Waals surface area contributed by atoms with Gasteiger partial charge in [-0.3, -0.25) is 4.79 Å². The SMILES string of the molecule is COc1ccc(Cl)cc1C(=O)N[C@H]1CCOc2ccccc21. The Balaban J connectivity index is 1.85. The van der Waals surface area contributed by atoms with E-state index in [1.54, 1.807) is 18.2 Å². The molecule has 2 aromatic rings. The van der Waals surface area contributed by atoms with Gasteiger partial charge in [0.25, 0.3) is 5.91 Å². The zero-order chi connectivity index (χ0) is 15.5. The molecule has 22 heavy (non-hydrogen) atoms. The molecule has 1 atom stereocenters. The van der Waals surface area contributed by atoms with E-state index in [9.17, 15) is 4.79 Å². The van der Waals surface area contributed by atoms with E-state index in [-0.39, 0.29) is 11.9 Å². The van der Waals surface area contributed by atoms with Crippen molar-refractivity contribution in [2.24, 2.45) is 0 Å². The van der Waals surface area contributed by atoms with Gasteiger partial charge in [-0.2, -0.15) is 0 Å². The number of para-hydroxylation sites is 1. The Labute approximate surface area is 134 Å². The average molecular weight is 318 g/mol. The Morgan fingerprint density at radius 3 is 2.95 bits per heavy atom. The number of nitrogens with one attached hydrogen (secondary N) is 1. The topological polar surface area (TPSA) is 47.6 Å². The van der Waals surface area contributed by atoms with Gasteiger partial charge >= 0.3 is 0 Å². The van der Waals surface area contributed by atoms with Crippen molar-refractivity contribution in [2.75, 3.05) is 13.7 Å². The van der Waals surface area contributed by atoms with E-state index >= 15 is 0 Å². The van der Waals surface area contributed by atoms with Crippen LogP contribution in [0.4, 0.5) is 0 Å². The number of carbonyl (C=O) groups is 1. The first-order valence-corrected chi connectivity index (χ1v) is 7.43. The van der Waals surface area contributed by atoms with Crippen molar-refractivity contribution in [3.63, 3.8) is 0 Å². The molecule has 0 bridgehead atoms. The Morgan fingerprint density at radius 1 is 1.32 bits per heavy atom. The smallest absolute Gasteiger partial charge is 0.255 e. The highest BCUT2D eigenvalue weighted by Gasteiger charge is 2.24. The number of amides is 1. The molecule has 1 heterocycles. The number of ether oxygens (including phenoxy) is 2. The van der Waals surface area contributed by atoms with Crippen molar-refractivity contribution >= 4 is 17.5 Å². The van der Waals surface area contributed by atoms with Crippen molar-refractivity contribution in [3.05, 3.63) is 58.6 Å². The minimum atomic E-state index is -0.207. The molecule has 1 aliphatic heterocycles. The molecule has 0 saturated heterocycles. The van der Waals surface area contributed by atoms with Gasteiger partial charge in [0.2, 0.25) is 0 Å². The number of fused-ring (bicyclic) bond motifs is 1. The lowest BCUT2D eigenvalue weighted by Gasteiger charge is -2.26. The Kier molecular flexibility index (Phi) is 4.20. The zero-order valence-electron chi connectivity index (χ0n) is 12.1. The fourth-order valence-corrected chi connectivity index (χ4v) is 2.76. The molecule has 5 heteroatoms. The molecule has 0 fully saturated rings. The molecule has 0 aromatic heterocycles. The van der Waals surface area contributed by atoms with Gasteiger partial charge in [0, 0.05) is 17.0 Å². The molecule has 2 aromatic carbocycles. The van der Waals surface area contributed by atoms with Crippen LogP contribution >= 0.6 is 11.6 Å². The van der Waals surface area contributed by atoms with E-state index in [1.165, 1.54) is 7.11 Å². The van der Waals surface area contributed by atoms with Crippen LogP contribution in [0.1, 0.15) is 28.4 Å². The molecular weight excluding hydrogens is 302 g/mol. The summed E-state index contributed by atoms with van der Waals surface area (Å²) in [6.07, 6.45) is 0.728. The average Bonchev–Trinajstić information content (AvgIpc) is 2.55. The number of halogens is 1. The third-order valence-electron chi connectivity index (χ3n) is 3.67. The monoisotopic (exact) mass is 317 g/mol. The molecule has 1 aliphatic rings. The third kappa shape index (κ3) is 2.88. The van der Waals surface area contributed by atoms with Crippen molar-refractivity contribution in [1.82, 2.24) is 5.32 Å². The molecular formula is C17H16ClNO3. The predicted octanol–water partition coefficient (Wildman–Crippen LogP) is 3.60. The first kappa shape index (κ1) is 14.7. The van der Waals surface area contributed by atoms with Crippen molar-refractivity contribution in [2.45, 2.75) is 12.5 Å². The van der Waals surface area contributed by atoms with Gasteiger partial charge in [-0.15, -0.1) is 0 Å². The van der Waals surface area contributed by atoms with E-state index in [0.29, 0.717) is 22.9 Å².